The monoisotopic (exact) mass is 417 g/mol. The molecule has 0 N–H and O–H groups in total. The molecule has 0 saturated carbocycles. The summed E-state index contributed by atoms with van der Waals surface area (Å²) in [6, 6.07) is 5.73. The van der Waals surface area contributed by atoms with Crippen molar-refractivity contribution in [3.8, 4) is 5.75 Å². The van der Waals surface area contributed by atoms with Gasteiger partial charge in [-0.15, -0.1) is 13.2 Å². The quantitative estimate of drug-likeness (QED) is 0.439. The van der Waals surface area contributed by atoms with Crippen LogP contribution in [0.25, 0.3) is 0 Å². The summed E-state index contributed by atoms with van der Waals surface area (Å²) in [7, 11) is 1.66. The van der Waals surface area contributed by atoms with Gasteiger partial charge in [0, 0.05) is 7.05 Å². The Balaban J connectivity index is -0.000000733. The fourth-order valence-corrected chi connectivity index (χ4v) is 1.78. The van der Waals surface area contributed by atoms with Gasteiger partial charge in [-0.25, -0.2) is 0 Å². The minimum atomic E-state index is -4.67. The lowest BCUT2D eigenvalue weighted by molar-refractivity contribution is -0.274. The molecular weight excluding hydrogens is 375 g/mol. The second kappa shape index (κ2) is 18.3. The second-order valence-electron chi connectivity index (χ2n) is 6.61. The zero-order valence-corrected chi connectivity index (χ0v) is 20.2. The maximum absolute atomic E-state index is 12.1. The minimum Gasteiger partial charge on any atom is -0.406 e. The highest BCUT2D eigenvalue weighted by Gasteiger charge is 2.30. The Labute approximate surface area is 177 Å². The Kier molecular flexibility index (Phi) is 20.1. The topological polar surface area (TPSA) is 21.6 Å². The molecule has 0 spiro atoms. The summed E-state index contributed by atoms with van der Waals surface area (Å²) >= 11 is 0. The van der Waals surface area contributed by atoms with Crippen molar-refractivity contribution >= 4 is 5.71 Å². The van der Waals surface area contributed by atoms with E-state index in [1.165, 1.54) is 17.7 Å². The van der Waals surface area contributed by atoms with Crippen LogP contribution in [0.15, 0.2) is 40.9 Å². The highest BCUT2D eigenvalue weighted by atomic mass is 19.4. The third kappa shape index (κ3) is 18.0. The summed E-state index contributed by atoms with van der Waals surface area (Å²) in [6.45, 7) is 20.8. The molecule has 0 bridgehead atoms. The lowest BCUT2D eigenvalue weighted by Crippen LogP contribution is -2.17. The molecule has 2 nitrogen and oxygen atoms in total. The highest BCUT2D eigenvalue weighted by Crippen LogP contribution is 2.23. The first-order valence-electron chi connectivity index (χ1n) is 10.5. The second-order valence-corrected chi connectivity index (χ2v) is 6.61. The van der Waals surface area contributed by atoms with Crippen LogP contribution in [0, 0.1) is 11.8 Å². The Bertz CT molecular complexity index is 556. The van der Waals surface area contributed by atoms with Gasteiger partial charge in [-0.2, -0.15) is 0 Å². The number of nitrogens with zero attached hydrogens (tertiary/aromatic N) is 1. The average molecular weight is 418 g/mol. The van der Waals surface area contributed by atoms with Crippen LogP contribution in [0.3, 0.4) is 0 Å². The number of ether oxygens (including phenoxy) is 1. The van der Waals surface area contributed by atoms with E-state index >= 15 is 0 Å². The van der Waals surface area contributed by atoms with Gasteiger partial charge in [0.15, 0.2) is 0 Å². The number of rotatable bonds is 5. The van der Waals surface area contributed by atoms with Crippen LogP contribution >= 0.6 is 0 Å². The number of halogens is 3. The normalized spacial score (nSPS) is 12.5. The van der Waals surface area contributed by atoms with Crippen molar-refractivity contribution in [2.24, 2.45) is 16.8 Å². The molecule has 1 atom stereocenters. The van der Waals surface area contributed by atoms with E-state index in [4.69, 9.17) is 0 Å². The predicted molar refractivity (Wildman–Crippen MR) is 122 cm³/mol. The number of hydrogen-bond donors (Lipinski definition) is 0. The molecule has 0 aliphatic rings. The first-order valence-corrected chi connectivity index (χ1v) is 10.5. The van der Waals surface area contributed by atoms with Crippen LogP contribution in [-0.2, 0) is 0 Å². The molecule has 0 fully saturated rings. The first kappa shape index (κ1) is 31.9. The highest BCUT2D eigenvalue weighted by molar-refractivity contribution is 6.09. The van der Waals surface area contributed by atoms with Crippen LogP contribution in [-0.4, -0.2) is 19.1 Å². The van der Waals surface area contributed by atoms with Gasteiger partial charge in [0.25, 0.3) is 0 Å². The molecule has 1 aromatic rings. The van der Waals surface area contributed by atoms with Gasteiger partial charge in [-0.3, -0.25) is 4.99 Å². The Morgan fingerprint density at radius 3 is 1.72 bits per heavy atom. The molecule has 0 aliphatic heterocycles. The summed E-state index contributed by atoms with van der Waals surface area (Å²) in [4.78, 5) is 4.20. The molecule has 29 heavy (non-hydrogen) atoms. The fraction of sp³-hybridized carbons (Fsp3) is 0.625. The van der Waals surface area contributed by atoms with Gasteiger partial charge in [0.2, 0.25) is 0 Å². The largest absolute Gasteiger partial charge is 0.573 e. The fourth-order valence-electron chi connectivity index (χ4n) is 1.78. The van der Waals surface area contributed by atoms with E-state index in [-0.39, 0.29) is 5.75 Å². The van der Waals surface area contributed by atoms with Crippen molar-refractivity contribution < 1.29 is 17.9 Å². The van der Waals surface area contributed by atoms with Gasteiger partial charge in [0.05, 0.1) is 5.71 Å². The van der Waals surface area contributed by atoms with E-state index in [0.29, 0.717) is 5.92 Å². The molecule has 0 aliphatic carbocycles. The van der Waals surface area contributed by atoms with E-state index < -0.39 is 6.36 Å². The molecule has 5 heteroatoms. The van der Waals surface area contributed by atoms with Crippen LogP contribution in [0.1, 0.15) is 81.2 Å². The Hall–Kier alpha value is -1.78. The SMILES string of the molecule is CC.CC.CC(C)C.CCC(C)/C(C)=C\C(=NC)c1ccc(OC(F)(F)F)cc1. The molecule has 1 rings (SSSR count). The van der Waals surface area contributed by atoms with E-state index in [2.05, 4.69) is 44.3 Å². The summed E-state index contributed by atoms with van der Waals surface area (Å²) in [5.74, 6) is 1.04. The maximum atomic E-state index is 12.1. The molecule has 170 valence electrons. The first-order chi connectivity index (χ1) is 13.5. The molecule has 0 aromatic heterocycles. The summed E-state index contributed by atoms with van der Waals surface area (Å²) in [5.41, 5.74) is 2.69. The lowest BCUT2D eigenvalue weighted by Gasteiger charge is -2.11. The van der Waals surface area contributed by atoms with Gasteiger partial charge < -0.3 is 4.74 Å². The van der Waals surface area contributed by atoms with Gasteiger partial charge in [-0.05, 0) is 61.1 Å². The lowest BCUT2D eigenvalue weighted by atomic mass is 9.97. The Morgan fingerprint density at radius 2 is 1.41 bits per heavy atom. The van der Waals surface area contributed by atoms with Gasteiger partial charge in [0.1, 0.15) is 5.75 Å². The van der Waals surface area contributed by atoms with E-state index in [0.717, 1.165) is 23.6 Å². The van der Waals surface area contributed by atoms with Crippen molar-refractivity contribution in [1.29, 1.82) is 0 Å². The molecule has 1 aromatic carbocycles. The third-order valence-electron chi connectivity index (χ3n) is 3.38. The molecular formula is C24H42F3NO. The number of alkyl halides is 3. The maximum Gasteiger partial charge on any atom is 0.573 e. The minimum absolute atomic E-state index is 0.232. The average Bonchev–Trinajstić information content (AvgIpc) is 2.67. The standard InChI is InChI=1S/C16H20F3NO.C4H10.2C2H6/c1-5-11(2)12(3)10-15(20-4)13-6-8-14(9-7-13)21-16(17,18)19;1-4(2)3;2*1-2/h6-11H,5H2,1-4H3;4H,1-3H3;2*1-2H3/b12-10-,20-15?;;;. The van der Waals surface area contributed by atoms with Crippen LogP contribution < -0.4 is 4.74 Å². The summed E-state index contributed by atoms with van der Waals surface area (Å²) in [5, 5.41) is 0. The third-order valence-corrected chi connectivity index (χ3v) is 3.38. The number of allylic oxidation sites excluding steroid dienone is 2. The number of aliphatic imine (C=N–C) groups is 1. The van der Waals surface area contributed by atoms with Crippen LogP contribution in [0.5, 0.6) is 5.75 Å². The predicted octanol–water partition coefficient (Wildman–Crippen LogP) is 8.71. The van der Waals surface area contributed by atoms with Crippen molar-refractivity contribution in [2.75, 3.05) is 7.05 Å². The molecule has 0 heterocycles. The van der Waals surface area contributed by atoms with E-state index in [9.17, 15) is 13.2 Å². The van der Waals surface area contributed by atoms with Crippen molar-refractivity contribution in [3.05, 3.63) is 41.5 Å². The molecule has 0 radical (unpaired) electrons. The molecule has 0 saturated heterocycles. The van der Waals surface area contributed by atoms with Gasteiger partial charge in [-0.1, -0.05) is 67.9 Å². The van der Waals surface area contributed by atoms with E-state index in [1.807, 2.05) is 40.7 Å². The van der Waals surface area contributed by atoms with Crippen molar-refractivity contribution in [2.45, 2.75) is 82.0 Å². The van der Waals surface area contributed by atoms with Crippen molar-refractivity contribution in [1.82, 2.24) is 0 Å². The Morgan fingerprint density at radius 1 is 1.00 bits per heavy atom. The molecule has 1 unspecified atom stereocenters. The zero-order valence-electron chi connectivity index (χ0n) is 20.2. The summed E-state index contributed by atoms with van der Waals surface area (Å²) in [6.07, 6.45) is -1.68. The van der Waals surface area contributed by atoms with E-state index in [1.54, 1.807) is 19.2 Å². The van der Waals surface area contributed by atoms with Gasteiger partial charge >= 0.3 is 6.36 Å². The summed E-state index contributed by atoms with van der Waals surface area (Å²) < 4.78 is 40.2. The smallest absolute Gasteiger partial charge is 0.406 e. The number of hydrogen-bond acceptors (Lipinski definition) is 2. The van der Waals surface area contributed by atoms with Crippen molar-refractivity contribution in [3.63, 3.8) is 0 Å². The van der Waals surface area contributed by atoms with Crippen LogP contribution in [0.4, 0.5) is 13.2 Å². The molecule has 0 amide bonds. The van der Waals surface area contributed by atoms with Crippen LogP contribution in [0.2, 0.25) is 0 Å². The number of benzene rings is 1. The zero-order chi connectivity index (χ0) is 23.6.